The van der Waals surface area contributed by atoms with Crippen molar-refractivity contribution in [1.29, 1.82) is 0 Å². The molecule has 0 radical (unpaired) electrons. The minimum Gasteiger partial charge on any atom is -0.507 e. The van der Waals surface area contributed by atoms with E-state index in [2.05, 4.69) is 9.88 Å². The molecular weight excluding hydrogens is 492 g/mol. The smallest absolute Gasteiger partial charge is 0.342 e. The molecule has 1 saturated heterocycles. The van der Waals surface area contributed by atoms with Gasteiger partial charge in [-0.2, -0.15) is 0 Å². The Labute approximate surface area is 228 Å². The molecule has 2 aliphatic rings. The number of carbonyl (C=O) groups is 1. The van der Waals surface area contributed by atoms with Crippen LogP contribution in [0.4, 0.5) is 0 Å². The predicted octanol–water partition coefficient (Wildman–Crippen LogP) is 6.93. The van der Waals surface area contributed by atoms with Crippen LogP contribution < -0.4 is 4.74 Å². The van der Waals surface area contributed by atoms with E-state index >= 15 is 0 Å². The Balaban J connectivity index is 1.55. The summed E-state index contributed by atoms with van der Waals surface area (Å²) in [7, 11) is 1.37. The van der Waals surface area contributed by atoms with Crippen LogP contribution >= 0.6 is 0 Å². The summed E-state index contributed by atoms with van der Waals surface area (Å²) >= 11 is 0. The first-order chi connectivity index (χ1) is 19.1. The Morgan fingerprint density at radius 3 is 2.62 bits per heavy atom. The van der Waals surface area contributed by atoms with Gasteiger partial charge in [-0.15, -0.1) is 0 Å². The Bertz CT molecular complexity index is 1490. The maximum absolute atomic E-state index is 13.1. The van der Waals surface area contributed by atoms with Gasteiger partial charge in [-0.25, -0.2) is 4.79 Å². The summed E-state index contributed by atoms with van der Waals surface area (Å²) in [5, 5.41) is 14.0. The number of methoxy groups -OCH3 is 1. The number of piperidine rings is 1. The van der Waals surface area contributed by atoms with Crippen molar-refractivity contribution in [3.8, 4) is 11.5 Å². The van der Waals surface area contributed by atoms with Gasteiger partial charge in [0, 0.05) is 34.1 Å². The molecule has 2 aromatic heterocycles. The molecule has 7 heteroatoms. The van der Waals surface area contributed by atoms with Crippen molar-refractivity contribution in [3.05, 3.63) is 65.2 Å². The van der Waals surface area contributed by atoms with Crippen molar-refractivity contribution in [1.82, 2.24) is 9.88 Å². The molecule has 4 aromatic rings. The second-order valence-electron chi connectivity index (χ2n) is 10.9. The number of phenols is 1. The molecule has 1 N–H and O–H groups in total. The number of fused-ring (bicyclic) bond motifs is 3. The van der Waals surface area contributed by atoms with E-state index < -0.39 is 5.97 Å². The van der Waals surface area contributed by atoms with Crippen molar-refractivity contribution in [2.45, 2.75) is 57.9 Å². The highest BCUT2D eigenvalue weighted by molar-refractivity contribution is 6.17. The molecule has 6 rings (SSSR count). The van der Waals surface area contributed by atoms with Crippen LogP contribution in [0.15, 0.2) is 47.1 Å². The largest absolute Gasteiger partial charge is 0.507 e. The highest BCUT2D eigenvalue weighted by atomic mass is 16.5. The normalized spacial score (nSPS) is 17.0. The van der Waals surface area contributed by atoms with E-state index in [9.17, 15) is 9.90 Å². The third kappa shape index (κ3) is 4.96. The van der Waals surface area contributed by atoms with Gasteiger partial charge in [-0.1, -0.05) is 19.3 Å². The SMILES string of the molecule is COC(=O)c1c(C)oc2c1c(C(c1ccncc1)N1CCCCC1)c(O)c1ccc(OCCCC3CC3)cc12. The number of nitrogens with zero attached hydrogens (tertiary/aromatic N) is 2. The van der Waals surface area contributed by atoms with Crippen LogP contribution in [-0.2, 0) is 4.74 Å². The van der Waals surface area contributed by atoms with Crippen molar-refractivity contribution in [3.63, 3.8) is 0 Å². The number of esters is 1. The monoisotopic (exact) mass is 528 g/mol. The number of aromatic hydroxyl groups is 1. The van der Waals surface area contributed by atoms with E-state index in [1.807, 2.05) is 30.3 Å². The summed E-state index contributed by atoms with van der Waals surface area (Å²) in [5.41, 5.74) is 2.59. The van der Waals surface area contributed by atoms with E-state index in [1.165, 1.54) is 32.8 Å². The van der Waals surface area contributed by atoms with E-state index in [1.54, 1.807) is 19.3 Å². The molecule has 204 valence electrons. The molecule has 1 aliphatic heterocycles. The summed E-state index contributed by atoms with van der Waals surface area (Å²) in [5.74, 6) is 1.73. The number of phenolic OH excluding ortho intramolecular Hbond substituents is 1. The average molecular weight is 529 g/mol. The Morgan fingerprint density at radius 1 is 1.13 bits per heavy atom. The average Bonchev–Trinajstić information content (AvgIpc) is 3.74. The van der Waals surface area contributed by atoms with Gasteiger partial charge in [0.1, 0.15) is 28.4 Å². The molecule has 2 aromatic carbocycles. The number of furan rings is 1. The maximum Gasteiger partial charge on any atom is 0.342 e. The number of likely N-dealkylation sites (tertiary alicyclic amines) is 1. The lowest BCUT2D eigenvalue weighted by Gasteiger charge is -2.36. The summed E-state index contributed by atoms with van der Waals surface area (Å²) in [4.78, 5) is 19.8. The molecule has 7 nitrogen and oxygen atoms in total. The number of aryl methyl sites for hydroxylation is 1. The molecule has 2 fully saturated rings. The van der Waals surface area contributed by atoms with E-state index in [4.69, 9.17) is 13.9 Å². The van der Waals surface area contributed by atoms with Crippen LogP contribution in [0.3, 0.4) is 0 Å². The van der Waals surface area contributed by atoms with Crippen molar-refractivity contribution >= 4 is 27.7 Å². The molecule has 0 spiro atoms. The molecule has 1 aliphatic carbocycles. The van der Waals surface area contributed by atoms with Gasteiger partial charge in [-0.3, -0.25) is 9.88 Å². The highest BCUT2D eigenvalue weighted by Gasteiger charge is 2.34. The predicted molar refractivity (Wildman–Crippen MR) is 150 cm³/mol. The minimum atomic E-state index is -0.481. The summed E-state index contributed by atoms with van der Waals surface area (Å²) < 4.78 is 17.6. The number of hydrogen-bond acceptors (Lipinski definition) is 7. The molecule has 39 heavy (non-hydrogen) atoms. The zero-order valence-corrected chi connectivity index (χ0v) is 22.7. The van der Waals surface area contributed by atoms with Gasteiger partial charge >= 0.3 is 5.97 Å². The molecule has 1 saturated carbocycles. The second kappa shape index (κ2) is 10.9. The highest BCUT2D eigenvalue weighted by Crippen LogP contribution is 2.48. The fraction of sp³-hybridized carbons (Fsp3) is 0.438. The topological polar surface area (TPSA) is 85.0 Å². The van der Waals surface area contributed by atoms with Crippen LogP contribution in [0.1, 0.15) is 78.2 Å². The van der Waals surface area contributed by atoms with E-state index in [-0.39, 0.29) is 11.8 Å². The number of benzene rings is 2. The first kappa shape index (κ1) is 25.7. The zero-order valence-electron chi connectivity index (χ0n) is 22.7. The Morgan fingerprint density at radius 2 is 1.90 bits per heavy atom. The van der Waals surface area contributed by atoms with Gasteiger partial charge in [0.25, 0.3) is 0 Å². The third-order valence-corrected chi connectivity index (χ3v) is 8.26. The van der Waals surface area contributed by atoms with Crippen LogP contribution in [0, 0.1) is 12.8 Å². The molecule has 0 amide bonds. The standard InChI is InChI=1S/C32H36N2O5/c1-20-26(32(36)37-2)27-28(29(22-12-14-33-15-13-22)34-16-4-3-5-17-34)30(35)24-11-10-23(19-25(24)31(27)39-20)38-18-6-7-21-8-9-21/h10-15,19,21,29,35H,3-9,16-18H2,1-2H3. The first-order valence-corrected chi connectivity index (χ1v) is 14.1. The van der Waals surface area contributed by atoms with Crippen LogP contribution in [0.5, 0.6) is 11.5 Å². The van der Waals surface area contributed by atoms with Gasteiger partial charge in [0.2, 0.25) is 0 Å². The van der Waals surface area contributed by atoms with Gasteiger partial charge in [0.15, 0.2) is 0 Å². The van der Waals surface area contributed by atoms with Crippen LogP contribution in [-0.4, -0.2) is 47.8 Å². The van der Waals surface area contributed by atoms with Crippen LogP contribution in [0.2, 0.25) is 0 Å². The number of pyridine rings is 1. The molecule has 3 heterocycles. The molecular formula is C32H36N2O5. The van der Waals surface area contributed by atoms with Crippen molar-refractivity contribution in [2.75, 3.05) is 26.8 Å². The maximum atomic E-state index is 13.1. The summed E-state index contributed by atoms with van der Waals surface area (Å²) in [6, 6.07) is 9.42. The fourth-order valence-electron chi connectivity index (χ4n) is 6.13. The van der Waals surface area contributed by atoms with Gasteiger partial charge in [0.05, 0.1) is 19.8 Å². The van der Waals surface area contributed by atoms with Crippen molar-refractivity contribution < 1.29 is 23.8 Å². The number of hydrogen-bond donors (Lipinski definition) is 1. The number of ether oxygens (including phenoxy) is 2. The zero-order chi connectivity index (χ0) is 26.9. The molecule has 0 bridgehead atoms. The minimum absolute atomic E-state index is 0.149. The molecule has 1 atom stereocenters. The van der Waals surface area contributed by atoms with Crippen molar-refractivity contribution in [2.24, 2.45) is 5.92 Å². The number of carbonyl (C=O) groups excluding carboxylic acids is 1. The third-order valence-electron chi connectivity index (χ3n) is 8.26. The molecule has 1 unspecified atom stereocenters. The first-order valence-electron chi connectivity index (χ1n) is 14.1. The van der Waals surface area contributed by atoms with E-state index in [0.29, 0.717) is 39.8 Å². The van der Waals surface area contributed by atoms with Crippen LogP contribution in [0.25, 0.3) is 21.7 Å². The van der Waals surface area contributed by atoms with Gasteiger partial charge < -0.3 is 19.0 Å². The lowest BCUT2D eigenvalue weighted by atomic mass is 9.88. The Kier molecular flexibility index (Phi) is 7.17. The summed E-state index contributed by atoms with van der Waals surface area (Å²) in [6.45, 7) is 4.21. The Hall–Kier alpha value is -3.58. The second-order valence-corrected chi connectivity index (χ2v) is 10.9. The lowest BCUT2D eigenvalue weighted by molar-refractivity contribution is 0.0600. The fourth-order valence-corrected chi connectivity index (χ4v) is 6.13. The van der Waals surface area contributed by atoms with Gasteiger partial charge in [-0.05, 0) is 87.5 Å². The quantitative estimate of drug-likeness (QED) is 0.186. The lowest BCUT2D eigenvalue weighted by Crippen LogP contribution is -2.34. The van der Waals surface area contributed by atoms with E-state index in [0.717, 1.165) is 55.0 Å². The summed E-state index contributed by atoms with van der Waals surface area (Å²) in [6.07, 6.45) is 11.8. The number of rotatable bonds is 9. The number of aromatic nitrogens is 1.